The lowest BCUT2D eigenvalue weighted by atomic mass is 10.0. The number of amides is 1. The molecule has 0 atom stereocenters. The Morgan fingerprint density at radius 1 is 0.778 bits per heavy atom. The van der Waals surface area contributed by atoms with Crippen LogP contribution in [0, 0.1) is 0 Å². The van der Waals surface area contributed by atoms with Crippen LogP contribution in [0.5, 0.6) is 17.2 Å². The molecule has 0 saturated carbocycles. The molecule has 0 unspecified atom stereocenters. The van der Waals surface area contributed by atoms with E-state index in [1.807, 2.05) is 53.4 Å². The van der Waals surface area contributed by atoms with Gasteiger partial charge in [-0.1, -0.05) is 60.7 Å². The number of rotatable bonds is 7. The monoisotopic (exact) mass is 502 g/mol. The number of carbonyl (C=O) groups excluding carboxylic acids is 1. The molecule has 1 heterocycles. The number of thiocarbonyl (C=S) groups is 1. The largest absolute Gasteiger partial charge is 0.493 e. The Kier molecular flexibility index (Phi) is 8.23. The first-order chi connectivity index (χ1) is 17.5. The Bertz CT molecular complexity index is 1230. The average Bonchev–Trinajstić information content (AvgIpc) is 2.95. The second-order valence-corrected chi connectivity index (χ2v) is 8.74. The van der Waals surface area contributed by atoms with Gasteiger partial charge in [-0.2, -0.15) is 0 Å². The van der Waals surface area contributed by atoms with E-state index in [9.17, 15) is 4.79 Å². The predicted octanol–water partition coefficient (Wildman–Crippen LogP) is 4.91. The molecule has 186 valence electrons. The van der Waals surface area contributed by atoms with Gasteiger partial charge in [-0.15, -0.1) is 0 Å². The highest BCUT2D eigenvalue weighted by Crippen LogP contribution is 2.38. The van der Waals surface area contributed by atoms with Crippen LogP contribution in [-0.4, -0.2) is 68.2 Å². The maximum atomic E-state index is 12.9. The summed E-state index contributed by atoms with van der Waals surface area (Å²) >= 11 is 5.76. The van der Waals surface area contributed by atoms with Crippen molar-refractivity contribution in [3.05, 3.63) is 83.9 Å². The molecule has 0 radical (unpaired) electrons. The van der Waals surface area contributed by atoms with Gasteiger partial charge < -0.3 is 24.0 Å². The van der Waals surface area contributed by atoms with Crippen LogP contribution >= 0.6 is 12.2 Å². The number of methoxy groups -OCH3 is 3. The second kappa shape index (κ2) is 11.7. The van der Waals surface area contributed by atoms with Gasteiger partial charge in [-0.3, -0.25) is 4.79 Å². The number of piperazine rings is 1. The zero-order chi connectivity index (χ0) is 25.5. The van der Waals surface area contributed by atoms with E-state index in [4.69, 9.17) is 26.4 Å². The van der Waals surface area contributed by atoms with E-state index in [1.165, 1.54) is 0 Å². The molecule has 0 aliphatic carbocycles. The molecule has 7 heteroatoms. The van der Waals surface area contributed by atoms with Gasteiger partial charge in [-0.05, 0) is 41.0 Å². The van der Waals surface area contributed by atoms with E-state index < -0.39 is 0 Å². The molecule has 1 aliphatic heterocycles. The zero-order valence-electron chi connectivity index (χ0n) is 20.8. The Hall–Kier alpha value is -3.84. The molecule has 6 nitrogen and oxygen atoms in total. The van der Waals surface area contributed by atoms with Crippen molar-refractivity contribution in [1.29, 1.82) is 0 Å². The first-order valence-corrected chi connectivity index (χ1v) is 12.2. The molecule has 0 spiro atoms. The first kappa shape index (κ1) is 25.3. The highest BCUT2D eigenvalue weighted by molar-refractivity contribution is 7.80. The van der Waals surface area contributed by atoms with Crippen molar-refractivity contribution in [2.45, 2.75) is 0 Å². The normalized spacial score (nSPS) is 13.5. The molecule has 4 rings (SSSR count). The van der Waals surface area contributed by atoms with Crippen LogP contribution in [0.1, 0.15) is 11.1 Å². The van der Waals surface area contributed by atoms with Gasteiger partial charge >= 0.3 is 0 Å². The zero-order valence-corrected chi connectivity index (χ0v) is 21.6. The summed E-state index contributed by atoms with van der Waals surface area (Å²) in [5.74, 6) is 1.65. The number of hydrogen-bond donors (Lipinski definition) is 0. The van der Waals surface area contributed by atoms with Gasteiger partial charge in [-0.25, -0.2) is 0 Å². The van der Waals surface area contributed by atoms with Gasteiger partial charge in [0.05, 0.1) is 21.3 Å². The van der Waals surface area contributed by atoms with Crippen LogP contribution in [0.3, 0.4) is 0 Å². The lowest BCUT2D eigenvalue weighted by Crippen LogP contribution is -2.50. The maximum Gasteiger partial charge on any atom is 0.246 e. The SMILES string of the molecule is COc1cc(C(=S)N2CCN(C(=O)C=Cc3cccc(-c4ccccc4)c3)CC2)cc(OC)c1OC. The number of ether oxygens (including phenoxy) is 3. The molecule has 36 heavy (non-hydrogen) atoms. The van der Waals surface area contributed by atoms with Crippen LogP contribution in [0.15, 0.2) is 72.8 Å². The minimum atomic E-state index is -0.00142. The highest BCUT2D eigenvalue weighted by atomic mass is 32.1. The summed E-state index contributed by atoms with van der Waals surface area (Å²) in [4.78, 5) is 17.5. The van der Waals surface area contributed by atoms with Crippen molar-refractivity contribution in [2.24, 2.45) is 0 Å². The predicted molar refractivity (Wildman–Crippen MR) is 147 cm³/mol. The van der Waals surface area contributed by atoms with Crippen molar-refractivity contribution < 1.29 is 19.0 Å². The summed E-state index contributed by atoms with van der Waals surface area (Å²) in [6.07, 6.45) is 3.53. The van der Waals surface area contributed by atoms with Crippen molar-refractivity contribution >= 4 is 29.2 Å². The van der Waals surface area contributed by atoms with E-state index in [0.29, 0.717) is 48.4 Å². The summed E-state index contributed by atoms with van der Waals surface area (Å²) < 4.78 is 16.3. The quantitative estimate of drug-likeness (QED) is 0.338. The van der Waals surface area contributed by atoms with Crippen molar-refractivity contribution in [2.75, 3.05) is 47.5 Å². The molecule has 1 aliphatic rings. The van der Waals surface area contributed by atoms with E-state index in [-0.39, 0.29) is 5.91 Å². The van der Waals surface area contributed by atoms with Crippen LogP contribution in [-0.2, 0) is 4.79 Å². The number of hydrogen-bond acceptors (Lipinski definition) is 5. The van der Waals surface area contributed by atoms with Crippen LogP contribution in [0.2, 0.25) is 0 Å². The maximum absolute atomic E-state index is 12.9. The van der Waals surface area contributed by atoms with Gasteiger partial charge in [0, 0.05) is 37.8 Å². The Morgan fingerprint density at radius 2 is 1.39 bits per heavy atom. The average molecular weight is 503 g/mol. The lowest BCUT2D eigenvalue weighted by Gasteiger charge is -2.36. The summed E-state index contributed by atoms with van der Waals surface area (Å²) in [5.41, 5.74) is 4.08. The van der Waals surface area contributed by atoms with Gasteiger partial charge in [0.2, 0.25) is 11.7 Å². The highest BCUT2D eigenvalue weighted by Gasteiger charge is 2.24. The van der Waals surface area contributed by atoms with Crippen LogP contribution < -0.4 is 14.2 Å². The lowest BCUT2D eigenvalue weighted by molar-refractivity contribution is -0.127. The molecular weight excluding hydrogens is 472 g/mol. The fraction of sp³-hybridized carbons (Fsp3) is 0.241. The molecule has 0 aromatic heterocycles. The Morgan fingerprint density at radius 3 is 2.00 bits per heavy atom. The third-order valence-corrected chi connectivity index (χ3v) is 6.70. The molecule has 3 aromatic rings. The van der Waals surface area contributed by atoms with Gasteiger partial charge in [0.15, 0.2) is 11.5 Å². The van der Waals surface area contributed by atoms with E-state index in [0.717, 1.165) is 22.3 Å². The molecule has 1 saturated heterocycles. The fourth-order valence-corrected chi connectivity index (χ4v) is 4.54. The molecule has 0 N–H and O–H groups in total. The fourth-order valence-electron chi connectivity index (χ4n) is 4.24. The third-order valence-electron chi connectivity index (χ3n) is 6.20. The molecule has 1 amide bonds. The third kappa shape index (κ3) is 5.69. The number of benzene rings is 3. The smallest absolute Gasteiger partial charge is 0.246 e. The van der Waals surface area contributed by atoms with Gasteiger partial charge in [0.25, 0.3) is 0 Å². The number of carbonyl (C=O) groups is 1. The summed E-state index contributed by atoms with van der Waals surface area (Å²) in [5, 5.41) is 0. The molecular formula is C29H30N2O4S. The first-order valence-electron chi connectivity index (χ1n) is 11.8. The Balaban J connectivity index is 1.38. The summed E-state index contributed by atoms with van der Waals surface area (Å²) in [6, 6.07) is 22.1. The van der Waals surface area contributed by atoms with Crippen molar-refractivity contribution in [3.63, 3.8) is 0 Å². The van der Waals surface area contributed by atoms with E-state index >= 15 is 0 Å². The number of nitrogens with zero attached hydrogens (tertiary/aromatic N) is 2. The standard InChI is InChI=1S/C29H30N2O4S/c1-33-25-19-24(20-26(34-2)28(25)35-3)29(36)31-16-14-30(15-17-31)27(32)13-12-21-8-7-11-23(18-21)22-9-5-4-6-10-22/h4-13,18-20H,14-17H2,1-3H3. The van der Waals surface area contributed by atoms with Crippen LogP contribution in [0.25, 0.3) is 17.2 Å². The second-order valence-electron chi connectivity index (χ2n) is 8.36. The topological polar surface area (TPSA) is 51.2 Å². The minimum Gasteiger partial charge on any atom is -0.493 e. The van der Waals surface area contributed by atoms with Crippen molar-refractivity contribution in [1.82, 2.24) is 9.80 Å². The molecule has 1 fully saturated rings. The molecule has 0 bridgehead atoms. The van der Waals surface area contributed by atoms with E-state index in [2.05, 4.69) is 29.2 Å². The van der Waals surface area contributed by atoms with E-state index in [1.54, 1.807) is 27.4 Å². The van der Waals surface area contributed by atoms with Crippen LogP contribution in [0.4, 0.5) is 0 Å². The Labute approximate surface area is 217 Å². The summed E-state index contributed by atoms with van der Waals surface area (Å²) in [6.45, 7) is 2.49. The minimum absolute atomic E-state index is 0.00142. The van der Waals surface area contributed by atoms with Gasteiger partial charge in [0.1, 0.15) is 4.99 Å². The van der Waals surface area contributed by atoms with Crippen molar-refractivity contribution in [3.8, 4) is 28.4 Å². The summed E-state index contributed by atoms with van der Waals surface area (Å²) in [7, 11) is 4.74. The molecule has 3 aromatic carbocycles.